The summed E-state index contributed by atoms with van der Waals surface area (Å²) >= 11 is 0. The number of phenols is 1. The van der Waals surface area contributed by atoms with Crippen LogP contribution in [0.3, 0.4) is 0 Å². The van der Waals surface area contributed by atoms with E-state index in [1.54, 1.807) is 6.07 Å². The van der Waals surface area contributed by atoms with Crippen molar-refractivity contribution >= 4 is 11.1 Å². The van der Waals surface area contributed by atoms with Crippen LogP contribution in [0.1, 0.15) is 24.0 Å². The fourth-order valence-electron chi connectivity index (χ4n) is 6.23. The molecule has 1 atom stereocenters. The number of nitrogens with zero attached hydrogens (tertiary/aromatic N) is 2. The zero-order valence-corrected chi connectivity index (χ0v) is 28.9. The third kappa shape index (κ3) is 6.48. The molecule has 0 saturated carbocycles. The van der Waals surface area contributed by atoms with E-state index in [-0.39, 0.29) is 32.7 Å². The first-order valence-electron chi connectivity index (χ1n) is 16.0. The predicted octanol–water partition coefficient (Wildman–Crippen LogP) is 11.2. The third-order valence-corrected chi connectivity index (χ3v) is 8.92. The number of hydrogen-bond acceptors (Lipinski definition) is 4. The molecule has 1 N–H and O–H groups in total. The Labute approximate surface area is 300 Å². The number of aromatic nitrogens is 2. The van der Waals surface area contributed by atoms with Crippen LogP contribution >= 0.6 is 0 Å². The fraction of sp³-hybridized carbons (Fsp3) is 0.0455. The van der Waals surface area contributed by atoms with Gasteiger partial charge in [-0.25, -0.2) is 4.98 Å². The molecule has 8 rings (SSSR count). The average molecular weight is 815 g/mol. The molecular weight excluding hydrogens is 784 g/mol. The van der Waals surface area contributed by atoms with Gasteiger partial charge in [0.1, 0.15) is 11.3 Å². The summed E-state index contributed by atoms with van der Waals surface area (Å²) in [5.74, 6) is 0.648. The van der Waals surface area contributed by atoms with E-state index >= 15 is 0 Å². The Bertz CT molecular complexity index is 2370. The zero-order valence-electron chi connectivity index (χ0n) is 26.7. The average Bonchev–Trinajstić information content (AvgIpc) is 3.60. The van der Waals surface area contributed by atoms with Crippen LogP contribution in [0.25, 0.3) is 67.2 Å². The molecule has 0 amide bonds. The molecule has 5 heteroatoms. The summed E-state index contributed by atoms with van der Waals surface area (Å²) in [6.45, 7) is 2.13. The van der Waals surface area contributed by atoms with E-state index in [2.05, 4.69) is 79.7 Å². The Balaban J connectivity index is 0.00000378. The van der Waals surface area contributed by atoms with Crippen molar-refractivity contribution in [3.8, 4) is 61.8 Å². The van der Waals surface area contributed by atoms with Crippen molar-refractivity contribution in [1.82, 2.24) is 9.97 Å². The summed E-state index contributed by atoms with van der Waals surface area (Å²) < 4.78 is 6.20. The standard InChI is InChI=1S/C44H31N2O2.Pt/c1-29(30-10-4-2-5-11-30)34-22-23-39(41(47)28-34)44-46-43-38(16-9-17-42(43)48-44)36-14-8-15-37(26-36)40-27-35(24-25-45-40)33-20-18-32(19-21-33)31-12-6-3-7-13-31;/h2-25,27-29,47H,1H3;/q-1;. The van der Waals surface area contributed by atoms with E-state index < -0.39 is 0 Å². The smallest absolute Gasteiger partial charge is 0.230 e. The van der Waals surface area contributed by atoms with Gasteiger partial charge in [-0.2, -0.15) is 0 Å². The second kappa shape index (κ2) is 13.9. The van der Waals surface area contributed by atoms with Crippen molar-refractivity contribution in [3.05, 3.63) is 175 Å². The van der Waals surface area contributed by atoms with Gasteiger partial charge in [-0.15, -0.1) is 29.8 Å². The molecule has 49 heavy (non-hydrogen) atoms. The number of fused-ring (bicyclic) bond motifs is 1. The van der Waals surface area contributed by atoms with Gasteiger partial charge in [0.15, 0.2) is 0 Å². The van der Waals surface area contributed by atoms with Crippen LogP contribution in [0, 0.1) is 6.07 Å². The van der Waals surface area contributed by atoms with Crippen molar-refractivity contribution < 1.29 is 30.6 Å². The van der Waals surface area contributed by atoms with Crippen LogP contribution in [0.2, 0.25) is 0 Å². The fourth-order valence-corrected chi connectivity index (χ4v) is 6.23. The summed E-state index contributed by atoms with van der Waals surface area (Å²) in [4.78, 5) is 9.57. The predicted molar refractivity (Wildman–Crippen MR) is 193 cm³/mol. The number of oxazole rings is 1. The Hall–Kier alpha value is -5.57. The number of para-hydroxylation sites is 1. The maximum Gasteiger partial charge on any atom is 0.230 e. The van der Waals surface area contributed by atoms with Crippen molar-refractivity contribution in [2.75, 3.05) is 0 Å². The van der Waals surface area contributed by atoms with Gasteiger partial charge in [0.25, 0.3) is 0 Å². The third-order valence-electron chi connectivity index (χ3n) is 8.92. The molecule has 6 aromatic carbocycles. The van der Waals surface area contributed by atoms with E-state index in [4.69, 9.17) is 14.4 Å². The Kier molecular flexibility index (Phi) is 9.07. The molecule has 0 fully saturated rings. The number of hydrogen-bond donors (Lipinski definition) is 1. The Morgan fingerprint density at radius 1 is 0.592 bits per heavy atom. The van der Waals surface area contributed by atoms with Gasteiger partial charge in [0.05, 0.1) is 11.1 Å². The molecule has 240 valence electrons. The van der Waals surface area contributed by atoms with Gasteiger partial charge < -0.3 is 9.52 Å². The first kappa shape index (κ1) is 32.0. The maximum absolute atomic E-state index is 11.1. The molecule has 0 spiro atoms. The zero-order chi connectivity index (χ0) is 32.5. The van der Waals surface area contributed by atoms with Crippen molar-refractivity contribution in [1.29, 1.82) is 0 Å². The molecule has 0 saturated heterocycles. The quantitative estimate of drug-likeness (QED) is 0.163. The minimum Gasteiger partial charge on any atom is -0.507 e. The first-order chi connectivity index (χ1) is 23.6. The van der Waals surface area contributed by atoms with E-state index in [1.165, 1.54) is 16.7 Å². The van der Waals surface area contributed by atoms with Gasteiger partial charge in [-0.1, -0.05) is 127 Å². The van der Waals surface area contributed by atoms with Crippen molar-refractivity contribution in [3.63, 3.8) is 0 Å². The molecule has 0 aliphatic heterocycles. The largest absolute Gasteiger partial charge is 0.507 e. The molecule has 1 unspecified atom stereocenters. The Morgan fingerprint density at radius 2 is 1.27 bits per heavy atom. The van der Waals surface area contributed by atoms with Gasteiger partial charge in [0, 0.05) is 38.9 Å². The van der Waals surface area contributed by atoms with Gasteiger partial charge in [0.2, 0.25) is 5.89 Å². The van der Waals surface area contributed by atoms with Gasteiger partial charge in [-0.05, 0) is 57.6 Å². The molecule has 8 aromatic rings. The Morgan fingerprint density at radius 3 is 2.02 bits per heavy atom. The summed E-state index contributed by atoms with van der Waals surface area (Å²) in [7, 11) is 0. The van der Waals surface area contributed by atoms with E-state index in [0.29, 0.717) is 22.6 Å². The summed E-state index contributed by atoms with van der Waals surface area (Å²) in [6.07, 6.45) is 1.85. The number of benzene rings is 6. The van der Waals surface area contributed by atoms with E-state index in [1.807, 2.05) is 85.1 Å². The number of rotatable bonds is 7. The van der Waals surface area contributed by atoms with Crippen LogP contribution in [0.5, 0.6) is 5.75 Å². The summed E-state index contributed by atoms with van der Waals surface area (Å²) in [5, 5.41) is 11.1. The van der Waals surface area contributed by atoms with Gasteiger partial charge >= 0.3 is 0 Å². The monoisotopic (exact) mass is 814 g/mol. The van der Waals surface area contributed by atoms with Gasteiger partial charge in [-0.3, -0.25) is 4.98 Å². The van der Waals surface area contributed by atoms with Crippen molar-refractivity contribution in [2.45, 2.75) is 12.8 Å². The van der Waals surface area contributed by atoms with E-state index in [9.17, 15) is 5.11 Å². The minimum absolute atomic E-state index is 0. The minimum atomic E-state index is 0. The second-order valence-corrected chi connectivity index (χ2v) is 11.9. The maximum atomic E-state index is 11.1. The molecule has 2 heterocycles. The molecule has 4 nitrogen and oxygen atoms in total. The number of phenolic OH excluding ortho intramolecular Hbond substituents is 1. The van der Waals surface area contributed by atoms with Crippen LogP contribution in [0.15, 0.2) is 162 Å². The number of aromatic hydroxyl groups is 1. The summed E-state index contributed by atoms with van der Waals surface area (Å²) in [6, 6.07) is 54.7. The molecule has 0 aliphatic carbocycles. The number of pyridine rings is 1. The van der Waals surface area contributed by atoms with E-state index in [0.717, 1.165) is 39.1 Å². The molecule has 2 aromatic heterocycles. The molecular formula is C44H31N2O2Pt-. The second-order valence-electron chi connectivity index (χ2n) is 11.9. The molecule has 0 aliphatic rings. The van der Waals surface area contributed by atoms with Crippen LogP contribution in [-0.2, 0) is 21.1 Å². The SMILES string of the molecule is CC(c1ccccc1)c1ccc(-c2nc3c(-c4[c-]c(-c5cc(-c6ccc(-c7ccccc7)cc6)ccn5)ccc4)cccc3o2)c(O)c1.[Pt]. The molecule has 0 radical (unpaired) electrons. The van der Waals surface area contributed by atoms with Crippen LogP contribution < -0.4 is 0 Å². The van der Waals surface area contributed by atoms with Crippen LogP contribution in [-0.4, -0.2) is 15.1 Å². The first-order valence-corrected chi connectivity index (χ1v) is 16.0. The van der Waals surface area contributed by atoms with Crippen molar-refractivity contribution in [2.24, 2.45) is 0 Å². The van der Waals surface area contributed by atoms with Crippen LogP contribution in [0.4, 0.5) is 0 Å². The molecule has 0 bridgehead atoms. The summed E-state index contributed by atoms with van der Waals surface area (Å²) in [5.41, 5.74) is 12.2. The normalized spacial score (nSPS) is 11.6. The topological polar surface area (TPSA) is 59.2 Å².